The quantitative estimate of drug-likeness (QED) is 0.267. The van der Waals surface area contributed by atoms with Crippen molar-refractivity contribution in [2.24, 2.45) is 0 Å². The lowest BCUT2D eigenvalue weighted by Crippen LogP contribution is -2.28. The SMILES string of the molecule is CCCCN(CCCC)CCCOC(=O)Nc1ccc(C(=O)OCCc2ccccc2)cc1. The first kappa shape index (κ1) is 26.4. The van der Waals surface area contributed by atoms with Gasteiger partial charge >= 0.3 is 12.1 Å². The highest BCUT2D eigenvalue weighted by Crippen LogP contribution is 2.12. The highest BCUT2D eigenvalue weighted by molar-refractivity contribution is 5.91. The van der Waals surface area contributed by atoms with E-state index < -0.39 is 6.09 Å². The molecule has 0 saturated heterocycles. The summed E-state index contributed by atoms with van der Waals surface area (Å²) in [4.78, 5) is 26.7. The molecule has 0 aliphatic rings. The summed E-state index contributed by atoms with van der Waals surface area (Å²) < 4.78 is 10.6. The van der Waals surface area contributed by atoms with Crippen LogP contribution in [0.5, 0.6) is 0 Å². The van der Waals surface area contributed by atoms with E-state index in [1.165, 1.54) is 25.7 Å². The number of carbonyl (C=O) groups excluding carboxylic acids is 2. The monoisotopic (exact) mass is 454 g/mol. The summed E-state index contributed by atoms with van der Waals surface area (Å²) in [6.07, 6.45) is 5.77. The molecule has 0 atom stereocenters. The largest absolute Gasteiger partial charge is 0.462 e. The lowest BCUT2D eigenvalue weighted by atomic mass is 10.2. The van der Waals surface area contributed by atoms with Crippen LogP contribution in [0.25, 0.3) is 0 Å². The standard InChI is InChI=1S/C27H38N2O4/c1-3-5-18-29(19-6-4-2)20-10-21-33-27(31)28-25-15-13-24(14-16-25)26(30)32-22-17-23-11-8-7-9-12-23/h7-9,11-16H,3-6,10,17-22H2,1-2H3,(H,28,31). The van der Waals surface area contributed by atoms with Gasteiger partial charge in [-0.25, -0.2) is 9.59 Å². The number of benzene rings is 2. The van der Waals surface area contributed by atoms with Gasteiger partial charge in [0.1, 0.15) is 0 Å². The minimum absolute atomic E-state index is 0.323. The summed E-state index contributed by atoms with van der Waals surface area (Å²) in [5.41, 5.74) is 2.15. The smallest absolute Gasteiger partial charge is 0.411 e. The second-order valence-electron chi connectivity index (χ2n) is 8.11. The van der Waals surface area contributed by atoms with E-state index in [2.05, 4.69) is 24.1 Å². The molecular weight excluding hydrogens is 416 g/mol. The first-order valence-corrected chi connectivity index (χ1v) is 12.1. The summed E-state index contributed by atoms with van der Waals surface area (Å²) >= 11 is 0. The molecule has 6 nitrogen and oxygen atoms in total. The number of amides is 1. The number of nitrogens with one attached hydrogen (secondary N) is 1. The molecule has 1 amide bonds. The number of unbranched alkanes of at least 4 members (excludes halogenated alkanes) is 2. The zero-order valence-electron chi connectivity index (χ0n) is 20.1. The fraction of sp³-hybridized carbons (Fsp3) is 0.481. The highest BCUT2D eigenvalue weighted by Gasteiger charge is 2.09. The van der Waals surface area contributed by atoms with Gasteiger partial charge in [0.05, 0.1) is 18.8 Å². The van der Waals surface area contributed by atoms with E-state index in [1.54, 1.807) is 24.3 Å². The molecule has 0 aliphatic heterocycles. The number of carbonyl (C=O) groups is 2. The van der Waals surface area contributed by atoms with Crippen LogP contribution >= 0.6 is 0 Å². The van der Waals surface area contributed by atoms with Gasteiger partial charge < -0.3 is 14.4 Å². The molecule has 0 saturated carbocycles. The van der Waals surface area contributed by atoms with Crippen molar-refractivity contribution >= 4 is 17.7 Å². The Morgan fingerprint density at radius 3 is 2.06 bits per heavy atom. The number of esters is 1. The Balaban J connectivity index is 1.66. The van der Waals surface area contributed by atoms with Crippen LogP contribution in [-0.2, 0) is 15.9 Å². The van der Waals surface area contributed by atoms with E-state index in [0.717, 1.165) is 31.6 Å². The number of rotatable bonds is 15. The molecule has 0 unspecified atom stereocenters. The third kappa shape index (κ3) is 11.0. The van der Waals surface area contributed by atoms with Crippen molar-refractivity contribution in [3.63, 3.8) is 0 Å². The van der Waals surface area contributed by atoms with Crippen LogP contribution in [0.15, 0.2) is 54.6 Å². The van der Waals surface area contributed by atoms with Crippen molar-refractivity contribution in [1.29, 1.82) is 0 Å². The van der Waals surface area contributed by atoms with Crippen molar-refractivity contribution in [2.75, 3.05) is 38.2 Å². The summed E-state index contributed by atoms with van der Waals surface area (Å²) in [7, 11) is 0. The molecule has 180 valence electrons. The molecule has 6 heteroatoms. The van der Waals surface area contributed by atoms with E-state index in [1.807, 2.05) is 30.3 Å². The number of hydrogen-bond acceptors (Lipinski definition) is 5. The molecule has 1 N–H and O–H groups in total. The van der Waals surface area contributed by atoms with Crippen LogP contribution in [0.4, 0.5) is 10.5 Å². The minimum atomic E-state index is -0.484. The Hall–Kier alpha value is -2.86. The van der Waals surface area contributed by atoms with E-state index in [4.69, 9.17) is 9.47 Å². The molecule has 0 bridgehead atoms. The average Bonchev–Trinajstić information content (AvgIpc) is 2.84. The predicted molar refractivity (Wildman–Crippen MR) is 133 cm³/mol. The maximum Gasteiger partial charge on any atom is 0.411 e. The summed E-state index contributed by atoms with van der Waals surface area (Å²) in [5.74, 6) is -0.379. The topological polar surface area (TPSA) is 67.9 Å². The molecule has 0 aliphatic carbocycles. The third-order valence-corrected chi connectivity index (χ3v) is 5.34. The molecule has 0 aromatic heterocycles. The highest BCUT2D eigenvalue weighted by atomic mass is 16.5. The number of ether oxygens (including phenoxy) is 2. The minimum Gasteiger partial charge on any atom is -0.462 e. The molecule has 2 aromatic carbocycles. The van der Waals surface area contributed by atoms with Crippen LogP contribution in [0, 0.1) is 0 Å². The molecule has 0 radical (unpaired) electrons. The van der Waals surface area contributed by atoms with E-state index >= 15 is 0 Å². The van der Waals surface area contributed by atoms with Crippen LogP contribution in [0.1, 0.15) is 61.9 Å². The molecule has 0 spiro atoms. The average molecular weight is 455 g/mol. The molecule has 33 heavy (non-hydrogen) atoms. The predicted octanol–water partition coefficient (Wildman–Crippen LogP) is 5.93. The fourth-order valence-electron chi connectivity index (χ4n) is 3.39. The third-order valence-electron chi connectivity index (χ3n) is 5.34. The van der Waals surface area contributed by atoms with Crippen LogP contribution in [0.2, 0.25) is 0 Å². The second-order valence-corrected chi connectivity index (χ2v) is 8.11. The van der Waals surface area contributed by atoms with Gasteiger partial charge in [0.15, 0.2) is 0 Å². The Bertz CT molecular complexity index is 801. The molecule has 0 heterocycles. The second kappa shape index (κ2) is 15.9. The van der Waals surface area contributed by atoms with Crippen molar-refractivity contribution in [3.05, 3.63) is 65.7 Å². The zero-order chi connectivity index (χ0) is 23.7. The summed E-state index contributed by atoms with van der Waals surface area (Å²) in [6, 6.07) is 16.5. The number of anilines is 1. The van der Waals surface area contributed by atoms with Crippen LogP contribution in [-0.4, -0.2) is 49.8 Å². The van der Waals surface area contributed by atoms with Gasteiger partial charge in [-0.3, -0.25) is 5.32 Å². The van der Waals surface area contributed by atoms with Crippen molar-refractivity contribution in [2.45, 2.75) is 52.4 Å². The maximum absolute atomic E-state index is 12.2. The molecule has 2 rings (SSSR count). The van der Waals surface area contributed by atoms with Crippen molar-refractivity contribution < 1.29 is 19.1 Å². The Morgan fingerprint density at radius 2 is 1.42 bits per heavy atom. The molecular formula is C27H38N2O4. The Labute approximate surface area is 198 Å². The van der Waals surface area contributed by atoms with Gasteiger partial charge in [-0.2, -0.15) is 0 Å². The van der Waals surface area contributed by atoms with E-state index in [9.17, 15) is 9.59 Å². The first-order valence-electron chi connectivity index (χ1n) is 12.1. The van der Waals surface area contributed by atoms with E-state index in [-0.39, 0.29) is 5.97 Å². The van der Waals surface area contributed by atoms with Crippen LogP contribution in [0.3, 0.4) is 0 Å². The molecule has 2 aromatic rings. The number of nitrogens with zero attached hydrogens (tertiary/aromatic N) is 1. The van der Waals surface area contributed by atoms with Gasteiger partial charge in [0.2, 0.25) is 0 Å². The van der Waals surface area contributed by atoms with Gasteiger partial charge in [-0.1, -0.05) is 57.0 Å². The lowest BCUT2D eigenvalue weighted by molar-refractivity contribution is 0.0509. The van der Waals surface area contributed by atoms with Crippen LogP contribution < -0.4 is 5.32 Å². The Kier molecular flexibility index (Phi) is 12.7. The Morgan fingerprint density at radius 1 is 0.788 bits per heavy atom. The van der Waals surface area contributed by atoms with Crippen molar-refractivity contribution in [1.82, 2.24) is 4.90 Å². The normalized spacial score (nSPS) is 10.8. The van der Waals surface area contributed by atoms with Gasteiger partial charge in [0, 0.05) is 18.7 Å². The zero-order valence-corrected chi connectivity index (χ0v) is 20.1. The first-order chi connectivity index (χ1) is 16.1. The van der Waals surface area contributed by atoms with Gasteiger partial charge in [-0.05, 0) is 62.2 Å². The van der Waals surface area contributed by atoms with Crippen molar-refractivity contribution in [3.8, 4) is 0 Å². The molecule has 0 fully saturated rings. The fourth-order valence-corrected chi connectivity index (χ4v) is 3.39. The summed E-state index contributed by atoms with van der Waals surface area (Å²) in [5, 5.41) is 2.70. The van der Waals surface area contributed by atoms with Gasteiger partial charge in [-0.15, -0.1) is 0 Å². The lowest BCUT2D eigenvalue weighted by Gasteiger charge is -2.21. The maximum atomic E-state index is 12.2. The van der Waals surface area contributed by atoms with E-state index in [0.29, 0.717) is 30.9 Å². The number of hydrogen-bond donors (Lipinski definition) is 1. The summed E-state index contributed by atoms with van der Waals surface area (Å²) in [6.45, 7) is 8.25. The van der Waals surface area contributed by atoms with Gasteiger partial charge in [0.25, 0.3) is 0 Å².